The van der Waals surface area contributed by atoms with Crippen LogP contribution in [0, 0.1) is 3.83 Å². The molecule has 0 aliphatic heterocycles. The van der Waals surface area contributed by atoms with Gasteiger partial charge in [-0.2, -0.15) is 0 Å². The van der Waals surface area contributed by atoms with Crippen molar-refractivity contribution in [1.82, 2.24) is 15.0 Å². The van der Waals surface area contributed by atoms with Crippen LogP contribution in [0.4, 0.5) is 0 Å². The van der Waals surface area contributed by atoms with Gasteiger partial charge in [-0.1, -0.05) is 91.0 Å². The molecule has 0 saturated carbocycles. The first-order valence-corrected chi connectivity index (χ1v) is 10.4. The summed E-state index contributed by atoms with van der Waals surface area (Å²) in [6.45, 7) is 0. The van der Waals surface area contributed by atoms with Crippen LogP contribution in [0.1, 0.15) is 0 Å². The monoisotopic (exact) mass is 485 g/mol. The van der Waals surface area contributed by atoms with Crippen molar-refractivity contribution in [1.29, 1.82) is 0 Å². The maximum absolute atomic E-state index is 4.69. The van der Waals surface area contributed by atoms with E-state index < -0.39 is 0 Å². The first-order valence-electron chi connectivity index (χ1n) is 9.33. The molecular weight excluding hydrogens is 469 g/mol. The molecule has 0 atom stereocenters. The van der Waals surface area contributed by atoms with Gasteiger partial charge in [0.2, 0.25) is 0 Å². The van der Waals surface area contributed by atoms with E-state index in [1.807, 2.05) is 30.3 Å². The SMILES string of the molecule is Ic1nc(-c2ccccc2)nc(-c2ccc(-c3ccc4ccccc4c3)cc2)n1. The number of hydrogen-bond donors (Lipinski definition) is 0. The topological polar surface area (TPSA) is 38.7 Å². The van der Waals surface area contributed by atoms with Crippen molar-refractivity contribution in [2.45, 2.75) is 0 Å². The summed E-state index contributed by atoms with van der Waals surface area (Å²) in [4.78, 5) is 13.7. The Hall–Kier alpha value is -3.12. The van der Waals surface area contributed by atoms with E-state index in [9.17, 15) is 0 Å². The molecule has 138 valence electrons. The number of halogens is 1. The number of rotatable bonds is 3. The maximum atomic E-state index is 4.69. The molecule has 0 aliphatic carbocycles. The second-order valence-corrected chi connectivity index (χ2v) is 7.72. The van der Waals surface area contributed by atoms with Crippen LogP contribution in [-0.2, 0) is 0 Å². The molecule has 0 bridgehead atoms. The Morgan fingerprint density at radius 1 is 0.448 bits per heavy atom. The molecule has 0 saturated heterocycles. The second-order valence-electron chi connectivity index (χ2n) is 6.76. The van der Waals surface area contributed by atoms with Crippen molar-refractivity contribution in [2.24, 2.45) is 0 Å². The minimum atomic E-state index is 0.685. The Bertz CT molecular complexity index is 1300. The van der Waals surface area contributed by atoms with E-state index in [0.29, 0.717) is 15.5 Å². The van der Waals surface area contributed by atoms with Crippen LogP contribution in [0.3, 0.4) is 0 Å². The molecule has 29 heavy (non-hydrogen) atoms. The lowest BCUT2D eigenvalue weighted by Crippen LogP contribution is -1.99. The van der Waals surface area contributed by atoms with Crippen LogP contribution in [0.25, 0.3) is 44.7 Å². The van der Waals surface area contributed by atoms with Crippen molar-refractivity contribution in [3.05, 3.63) is 101 Å². The lowest BCUT2D eigenvalue weighted by Gasteiger charge is -2.07. The number of fused-ring (bicyclic) bond motifs is 1. The largest absolute Gasteiger partial charge is 0.208 e. The van der Waals surface area contributed by atoms with Crippen molar-refractivity contribution < 1.29 is 0 Å². The first-order chi connectivity index (χ1) is 14.3. The van der Waals surface area contributed by atoms with Gasteiger partial charge in [-0.25, -0.2) is 15.0 Å². The van der Waals surface area contributed by atoms with E-state index >= 15 is 0 Å². The molecule has 1 heterocycles. The van der Waals surface area contributed by atoms with Crippen LogP contribution in [0.2, 0.25) is 0 Å². The fourth-order valence-corrected chi connectivity index (χ4v) is 3.83. The zero-order chi connectivity index (χ0) is 19.6. The Morgan fingerprint density at radius 2 is 1.00 bits per heavy atom. The normalized spacial score (nSPS) is 10.9. The Morgan fingerprint density at radius 3 is 1.72 bits per heavy atom. The molecule has 4 heteroatoms. The van der Waals surface area contributed by atoms with Gasteiger partial charge in [0.15, 0.2) is 15.5 Å². The Kier molecular flexibility index (Phi) is 4.77. The van der Waals surface area contributed by atoms with Gasteiger partial charge in [0.05, 0.1) is 0 Å². The highest BCUT2D eigenvalue weighted by Gasteiger charge is 2.09. The van der Waals surface area contributed by atoms with Gasteiger partial charge in [-0.15, -0.1) is 0 Å². The molecule has 5 aromatic rings. The summed E-state index contributed by atoms with van der Waals surface area (Å²) in [5.41, 5.74) is 4.34. The predicted octanol–water partition coefficient (Wildman–Crippen LogP) is 6.63. The number of nitrogens with zero attached hydrogens (tertiary/aromatic N) is 3. The Balaban J connectivity index is 1.51. The highest BCUT2D eigenvalue weighted by molar-refractivity contribution is 14.1. The summed E-state index contributed by atoms with van der Waals surface area (Å²) >= 11 is 2.15. The summed E-state index contributed by atoms with van der Waals surface area (Å²) in [5.74, 6) is 1.38. The van der Waals surface area contributed by atoms with Gasteiger partial charge in [-0.3, -0.25) is 0 Å². The zero-order valence-corrected chi connectivity index (χ0v) is 17.6. The molecule has 0 radical (unpaired) electrons. The van der Waals surface area contributed by atoms with E-state index in [1.54, 1.807) is 0 Å². The van der Waals surface area contributed by atoms with E-state index in [2.05, 4.69) is 99.3 Å². The van der Waals surface area contributed by atoms with Gasteiger partial charge in [-0.05, 0) is 28.0 Å². The number of benzene rings is 4. The van der Waals surface area contributed by atoms with Gasteiger partial charge < -0.3 is 0 Å². The molecule has 0 unspecified atom stereocenters. The van der Waals surface area contributed by atoms with Crippen LogP contribution in [0.5, 0.6) is 0 Å². The van der Waals surface area contributed by atoms with Crippen molar-refractivity contribution in [3.8, 4) is 33.9 Å². The molecule has 3 nitrogen and oxygen atoms in total. The van der Waals surface area contributed by atoms with Crippen LogP contribution in [0.15, 0.2) is 97.1 Å². The average Bonchev–Trinajstić information content (AvgIpc) is 2.79. The van der Waals surface area contributed by atoms with E-state index in [4.69, 9.17) is 4.98 Å². The summed E-state index contributed by atoms with van der Waals surface area (Å²) in [6, 6.07) is 33.4. The Labute approximate surface area is 182 Å². The van der Waals surface area contributed by atoms with Crippen LogP contribution in [-0.4, -0.2) is 15.0 Å². The fraction of sp³-hybridized carbons (Fsp3) is 0. The van der Waals surface area contributed by atoms with Crippen molar-refractivity contribution in [2.75, 3.05) is 0 Å². The highest BCUT2D eigenvalue weighted by Crippen LogP contribution is 2.27. The van der Waals surface area contributed by atoms with Gasteiger partial charge in [0.25, 0.3) is 0 Å². The molecular formula is C25H16IN3. The third kappa shape index (κ3) is 3.76. The summed E-state index contributed by atoms with van der Waals surface area (Å²) in [5, 5.41) is 2.50. The second kappa shape index (κ2) is 7.72. The quantitative estimate of drug-likeness (QED) is 0.269. The van der Waals surface area contributed by atoms with E-state index in [-0.39, 0.29) is 0 Å². The van der Waals surface area contributed by atoms with Gasteiger partial charge >= 0.3 is 0 Å². The standard InChI is InChI=1S/C25H16IN3/c26-25-28-23(19-7-2-1-3-8-19)27-24(29-25)20-13-10-18(11-14-20)22-15-12-17-6-4-5-9-21(17)16-22/h1-16H. The van der Waals surface area contributed by atoms with Gasteiger partial charge in [0, 0.05) is 33.7 Å². The molecule has 0 amide bonds. The maximum Gasteiger partial charge on any atom is 0.194 e. The smallest absolute Gasteiger partial charge is 0.194 e. The molecule has 0 fully saturated rings. The van der Waals surface area contributed by atoms with Crippen LogP contribution >= 0.6 is 22.6 Å². The highest BCUT2D eigenvalue weighted by atomic mass is 127. The number of hydrogen-bond acceptors (Lipinski definition) is 3. The lowest BCUT2D eigenvalue weighted by molar-refractivity contribution is 1.02. The predicted molar refractivity (Wildman–Crippen MR) is 126 cm³/mol. The lowest BCUT2D eigenvalue weighted by atomic mass is 10.0. The number of aromatic nitrogens is 3. The summed E-state index contributed by atoms with van der Waals surface area (Å²) in [7, 11) is 0. The van der Waals surface area contributed by atoms with Crippen molar-refractivity contribution >= 4 is 33.4 Å². The van der Waals surface area contributed by atoms with Gasteiger partial charge in [0.1, 0.15) is 0 Å². The first kappa shape index (κ1) is 17.9. The minimum absolute atomic E-state index is 0.685. The molecule has 1 aromatic heterocycles. The molecule has 0 spiro atoms. The van der Waals surface area contributed by atoms with Crippen molar-refractivity contribution in [3.63, 3.8) is 0 Å². The third-order valence-corrected chi connectivity index (χ3v) is 5.35. The fourth-order valence-electron chi connectivity index (χ4n) is 3.38. The van der Waals surface area contributed by atoms with Crippen LogP contribution < -0.4 is 0 Å². The van der Waals surface area contributed by atoms with E-state index in [1.165, 1.54) is 21.9 Å². The molecule has 4 aromatic carbocycles. The minimum Gasteiger partial charge on any atom is -0.208 e. The van der Waals surface area contributed by atoms with E-state index in [0.717, 1.165) is 11.1 Å². The third-order valence-electron chi connectivity index (χ3n) is 4.87. The summed E-state index contributed by atoms with van der Waals surface area (Å²) < 4.78 is 0.685. The molecule has 5 rings (SSSR count). The molecule has 0 N–H and O–H groups in total. The summed E-state index contributed by atoms with van der Waals surface area (Å²) in [6.07, 6.45) is 0. The zero-order valence-electron chi connectivity index (χ0n) is 15.5. The average molecular weight is 485 g/mol. The molecule has 0 aliphatic rings.